The van der Waals surface area contributed by atoms with Gasteiger partial charge in [0.05, 0.1) is 12.6 Å². The van der Waals surface area contributed by atoms with E-state index >= 15 is 0 Å². The molecule has 2 atom stereocenters. The van der Waals surface area contributed by atoms with Crippen molar-refractivity contribution in [3.63, 3.8) is 0 Å². The first-order valence-electron chi connectivity index (χ1n) is 6.55. The molecule has 6 heteroatoms. The SMILES string of the molecule is COCO[C@H]1CC(CO)CN(C(=O)OC(C)(C)C)C1. The Hall–Kier alpha value is -0.850. The molecular formula is C13H25NO5. The Bertz CT molecular complexity index is 289. The molecule has 0 aromatic rings. The maximum Gasteiger partial charge on any atom is 0.410 e. The van der Waals surface area contributed by atoms with E-state index in [4.69, 9.17) is 14.2 Å². The Balaban J connectivity index is 2.58. The van der Waals surface area contributed by atoms with Gasteiger partial charge in [-0.1, -0.05) is 0 Å². The van der Waals surface area contributed by atoms with Gasteiger partial charge >= 0.3 is 6.09 Å². The van der Waals surface area contributed by atoms with Crippen LogP contribution in [0.3, 0.4) is 0 Å². The fraction of sp³-hybridized carbons (Fsp3) is 0.923. The molecule has 1 amide bonds. The standard InChI is InChI=1S/C13H25NO5/c1-13(2,3)19-12(16)14-6-10(8-15)5-11(7-14)18-9-17-4/h10-11,15H,5-9H2,1-4H3/t10?,11-/m0/s1. The van der Waals surface area contributed by atoms with Crippen molar-refractivity contribution in [2.75, 3.05) is 33.6 Å². The van der Waals surface area contributed by atoms with Crippen molar-refractivity contribution in [2.24, 2.45) is 5.92 Å². The predicted octanol–water partition coefficient (Wildman–Crippen LogP) is 1.22. The number of piperidine rings is 1. The van der Waals surface area contributed by atoms with Gasteiger partial charge in [0.15, 0.2) is 0 Å². The minimum absolute atomic E-state index is 0.0168. The third-order valence-electron chi connectivity index (χ3n) is 2.83. The molecule has 1 N–H and O–H groups in total. The predicted molar refractivity (Wildman–Crippen MR) is 69.7 cm³/mol. The lowest BCUT2D eigenvalue weighted by Crippen LogP contribution is -2.49. The molecule has 1 saturated heterocycles. The molecule has 1 unspecified atom stereocenters. The summed E-state index contributed by atoms with van der Waals surface area (Å²) >= 11 is 0. The molecule has 1 heterocycles. The van der Waals surface area contributed by atoms with Gasteiger partial charge in [0.1, 0.15) is 12.4 Å². The van der Waals surface area contributed by atoms with Crippen LogP contribution in [0.5, 0.6) is 0 Å². The lowest BCUT2D eigenvalue weighted by molar-refractivity contribution is -0.104. The normalized spacial score (nSPS) is 24.4. The largest absolute Gasteiger partial charge is 0.444 e. The van der Waals surface area contributed by atoms with Gasteiger partial charge in [-0.05, 0) is 27.2 Å². The Morgan fingerprint density at radius 3 is 2.58 bits per heavy atom. The Morgan fingerprint density at radius 1 is 1.37 bits per heavy atom. The van der Waals surface area contributed by atoms with Crippen LogP contribution in [0.2, 0.25) is 0 Å². The van der Waals surface area contributed by atoms with Crippen molar-refractivity contribution in [1.82, 2.24) is 4.90 Å². The Labute approximate surface area is 114 Å². The van der Waals surface area contributed by atoms with Crippen LogP contribution in [0, 0.1) is 5.92 Å². The number of likely N-dealkylation sites (tertiary alicyclic amines) is 1. The molecule has 0 aliphatic carbocycles. The van der Waals surface area contributed by atoms with E-state index in [1.54, 1.807) is 12.0 Å². The van der Waals surface area contributed by atoms with E-state index < -0.39 is 5.60 Å². The highest BCUT2D eigenvalue weighted by molar-refractivity contribution is 5.68. The van der Waals surface area contributed by atoms with Crippen LogP contribution in [-0.4, -0.2) is 61.4 Å². The maximum atomic E-state index is 12.0. The third kappa shape index (κ3) is 5.76. The maximum absolute atomic E-state index is 12.0. The summed E-state index contributed by atoms with van der Waals surface area (Å²) in [6, 6.07) is 0. The minimum atomic E-state index is -0.522. The number of hydrogen-bond donors (Lipinski definition) is 1. The number of carbonyl (C=O) groups is 1. The van der Waals surface area contributed by atoms with Crippen molar-refractivity contribution in [1.29, 1.82) is 0 Å². The summed E-state index contributed by atoms with van der Waals surface area (Å²) < 4.78 is 15.7. The zero-order valence-corrected chi connectivity index (χ0v) is 12.2. The highest BCUT2D eigenvalue weighted by Gasteiger charge is 2.32. The molecule has 19 heavy (non-hydrogen) atoms. The van der Waals surface area contributed by atoms with Gasteiger partial charge in [0.25, 0.3) is 0 Å². The summed E-state index contributed by atoms with van der Waals surface area (Å²) in [5.41, 5.74) is -0.522. The van der Waals surface area contributed by atoms with Gasteiger partial charge in [-0.15, -0.1) is 0 Å². The third-order valence-corrected chi connectivity index (χ3v) is 2.83. The van der Waals surface area contributed by atoms with E-state index in [0.717, 1.165) is 6.42 Å². The van der Waals surface area contributed by atoms with Crippen LogP contribution in [0.15, 0.2) is 0 Å². The first-order chi connectivity index (χ1) is 8.85. The van der Waals surface area contributed by atoms with Crippen LogP contribution < -0.4 is 0 Å². The quantitative estimate of drug-likeness (QED) is 0.781. The summed E-state index contributed by atoms with van der Waals surface area (Å²) in [5, 5.41) is 9.30. The number of aliphatic hydroxyl groups is 1. The molecule has 1 rings (SSSR count). The average molecular weight is 275 g/mol. The highest BCUT2D eigenvalue weighted by Crippen LogP contribution is 2.21. The first kappa shape index (κ1) is 16.2. The van der Waals surface area contributed by atoms with Crippen LogP contribution in [0.4, 0.5) is 4.79 Å². The minimum Gasteiger partial charge on any atom is -0.444 e. The number of amides is 1. The molecule has 6 nitrogen and oxygen atoms in total. The summed E-state index contributed by atoms with van der Waals surface area (Å²) in [7, 11) is 1.55. The van der Waals surface area contributed by atoms with Crippen LogP contribution in [-0.2, 0) is 14.2 Å². The van der Waals surface area contributed by atoms with Gasteiger partial charge in [-0.25, -0.2) is 4.79 Å². The van der Waals surface area contributed by atoms with E-state index in [-0.39, 0.29) is 31.5 Å². The van der Waals surface area contributed by atoms with E-state index in [9.17, 15) is 9.90 Å². The topological polar surface area (TPSA) is 68.2 Å². The zero-order chi connectivity index (χ0) is 14.5. The van der Waals surface area contributed by atoms with Gasteiger partial charge in [-0.2, -0.15) is 0 Å². The fourth-order valence-electron chi connectivity index (χ4n) is 2.05. The fourth-order valence-corrected chi connectivity index (χ4v) is 2.05. The van der Waals surface area contributed by atoms with E-state index in [1.807, 2.05) is 20.8 Å². The summed E-state index contributed by atoms with van der Waals surface area (Å²) in [4.78, 5) is 13.6. The lowest BCUT2D eigenvalue weighted by Gasteiger charge is -2.37. The smallest absolute Gasteiger partial charge is 0.410 e. The summed E-state index contributed by atoms with van der Waals surface area (Å²) in [5.74, 6) is 0.0168. The molecule has 0 aromatic carbocycles. The second-order valence-electron chi connectivity index (χ2n) is 5.86. The second kappa shape index (κ2) is 7.07. The number of methoxy groups -OCH3 is 1. The second-order valence-corrected chi connectivity index (χ2v) is 5.86. The molecule has 0 aromatic heterocycles. The van der Waals surface area contributed by atoms with Gasteiger partial charge in [0, 0.05) is 26.2 Å². The van der Waals surface area contributed by atoms with Gasteiger partial charge in [0.2, 0.25) is 0 Å². The van der Waals surface area contributed by atoms with E-state index in [2.05, 4.69) is 0 Å². The van der Waals surface area contributed by atoms with Crippen LogP contribution in [0.1, 0.15) is 27.2 Å². The Morgan fingerprint density at radius 2 is 2.05 bits per heavy atom. The monoisotopic (exact) mass is 275 g/mol. The van der Waals surface area contributed by atoms with Crippen molar-refractivity contribution in [3.05, 3.63) is 0 Å². The molecule has 0 saturated carbocycles. The Kier molecular flexibility index (Phi) is 6.03. The van der Waals surface area contributed by atoms with Gasteiger partial charge in [-0.3, -0.25) is 0 Å². The number of aliphatic hydroxyl groups excluding tert-OH is 1. The molecule has 1 aliphatic rings. The van der Waals surface area contributed by atoms with Crippen molar-refractivity contribution >= 4 is 6.09 Å². The number of nitrogens with zero attached hydrogens (tertiary/aromatic N) is 1. The molecule has 112 valence electrons. The average Bonchev–Trinajstić information content (AvgIpc) is 2.33. The summed E-state index contributed by atoms with van der Waals surface area (Å²) in [6.45, 7) is 6.68. The van der Waals surface area contributed by atoms with E-state index in [1.165, 1.54) is 0 Å². The van der Waals surface area contributed by atoms with Crippen LogP contribution in [0.25, 0.3) is 0 Å². The van der Waals surface area contributed by atoms with Crippen molar-refractivity contribution in [3.8, 4) is 0 Å². The number of carbonyl (C=O) groups excluding carboxylic acids is 1. The number of rotatable bonds is 4. The molecule has 1 fully saturated rings. The first-order valence-corrected chi connectivity index (χ1v) is 6.55. The highest BCUT2D eigenvalue weighted by atomic mass is 16.7. The molecule has 0 spiro atoms. The van der Waals surface area contributed by atoms with Crippen molar-refractivity contribution < 1.29 is 24.1 Å². The van der Waals surface area contributed by atoms with Crippen LogP contribution >= 0.6 is 0 Å². The molecular weight excluding hydrogens is 250 g/mol. The number of ether oxygens (including phenoxy) is 3. The molecule has 0 bridgehead atoms. The van der Waals surface area contributed by atoms with Crippen molar-refractivity contribution in [2.45, 2.75) is 38.9 Å². The summed E-state index contributed by atoms with van der Waals surface area (Å²) in [6.07, 6.45) is 0.231. The van der Waals surface area contributed by atoms with Gasteiger partial charge < -0.3 is 24.2 Å². The molecule has 1 aliphatic heterocycles. The van der Waals surface area contributed by atoms with E-state index in [0.29, 0.717) is 13.1 Å². The molecule has 0 radical (unpaired) electrons. The number of hydrogen-bond acceptors (Lipinski definition) is 5. The zero-order valence-electron chi connectivity index (χ0n) is 12.2. The lowest BCUT2D eigenvalue weighted by atomic mass is 9.97.